The van der Waals surface area contributed by atoms with Crippen molar-refractivity contribution in [3.63, 3.8) is 0 Å². The van der Waals surface area contributed by atoms with Gasteiger partial charge in [-0.15, -0.1) is 13.2 Å². The van der Waals surface area contributed by atoms with Crippen LogP contribution in [0.25, 0.3) is 0 Å². The smallest absolute Gasteiger partial charge is 0.248 e. The molecule has 3 amide bonds. The molecule has 4 aliphatic rings. The first-order valence-corrected chi connectivity index (χ1v) is 15.0. The molecule has 0 aromatic heterocycles. The maximum absolute atomic E-state index is 14.4. The fourth-order valence-electron chi connectivity index (χ4n) is 6.75. The molecule has 0 radical (unpaired) electrons. The van der Waals surface area contributed by atoms with Gasteiger partial charge in [0.1, 0.15) is 11.6 Å². The maximum Gasteiger partial charge on any atom is 0.248 e. The van der Waals surface area contributed by atoms with Crippen LogP contribution in [0.3, 0.4) is 0 Å². The van der Waals surface area contributed by atoms with Crippen LogP contribution in [-0.2, 0) is 23.9 Å². The molecule has 11 heteroatoms. The fourth-order valence-corrected chi connectivity index (χ4v) is 7.69. The summed E-state index contributed by atoms with van der Waals surface area (Å²) in [5.74, 6) is -1.88. The Hall–Kier alpha value is -1.79. The van der Waals surface area contributed by atoms with Crippen LogP contribution in [0.2, 0.25) is 0 Å². The molecule has 10 nitrogen and oxygen atoms in total. The van der Waals surface area contributed by atoms with Crippen LogP contribution in [0.4, 0.5) is 0 Å². The fraction of sp³-hybridized carbons (Fsp3) is 0.750. The van der Waals surface area contributed by atoms with E-state index in [1.165, 1.54) is 0 Å². The lowest BCUT2D eigenvalue weighted by atomic mass is 9.70. The van der Waals surface area contributed by atoms with Crippen LogP contribution < -0.4 is 0 Å². The Morgan fingerprint density at radius 3 is 2.51 bits per heavy atom. The number of carbonyl (C=O) groups excluding carboxylic acids is 3. The minimum atomic E-state index is -1.07. The van der Waals surface area contributed by atoms with Crippen molar-refractivity contribution in [2.75, 3.05) is 72.7 Å². The number of unbranched alkanes of at least 4 members (excludes halogenated alkanes) is 2. The van der Waals surface area contributed by atoms with Crippen LogP contribution in [0.1, 0.15) is 25.7 Å². The van der Waals surface area contributed by atoms with E-state index >= 15 is 0 Å². The predicted octanol–water partition coefficient (Wildman–Crippen LogP) is 0.888. The Morgan fingerprint density at radius 2 is 1.85 bits per heavy atom. The van der Waals surface area contributed by atoms with Gasteiger partial charge in [-0.2, -0.15) is 0 Å². The van der Waals surface area contributed by atoms with Crippen LogP contribution in [0, 0.1) is 11.8 Å². The number of likely N-dealkylation sites (N-methyl/N-ethyl adjacent to an activating group) is 1. The quantitative estimate of drug-likeness (QED) is 0.177. The molecule has 0 aliphatic carbocycles. The van der Waals surface area contributed by atoms with Gasteiger partial charge in [0.05, 0.1) is 31.2 Å². The van der Waals surface area contributed by atoms with Gasteiger partial charge in [-0.3, -0.25) is 19.3 Å². The highest BCUT2D eigenvalue weighted by Crippen LogP contribution is 2.60. The molecule has 4 heterocycles. The van der Waals surface area contributed by atoms with Gasteiger partial charge in [0, 0.05) is 64.3 Å². The van der Waals surface area contributed by atoms with Gasteiger partial charge in [0.15, 0.2) is 0 Å². The van der Waals surface area contributed by atoms with Gasteiger partial charge >= 0.3 is 0 Å². The summed E-state index contributed by atoms with van der Waals surface area (Å²) in [5.41, 5.74) is -1.07. The second-order valence-electron chi connectivity index (χ2n) is 11.0. The van der Waals surface area contributed by atoms with E-state index in [4.69, 9.17) is 9.47 Å². The predicted molar refractivity (Wildman–Crippen MR) is 150 cm³/mol. The first-order valence-electron chi connectivity index (χ1n) is 14.1. The van der Waals surface area contributed by atoms with E-state index < -0.39 is 29.6 Å². The number of likely N-dealkylation sites (tertiary alicyclic amines) is 1. The normalized spacial score (nSPS) is 31.8. The van der Waals surface area contributed by atoms with E-state index in [2.05, 4.69) is 34.0 Å². The molecule has 1 N–H and O–H groups in total. The van der Waals surface area contributed by atoms with Crippen molar-refractivity contribution >= 4 is 33.7 Å². The van der Waals surface area contributed by atoms with Gasteiger partial charge in [-0.05, 0) is 25.7 Å². The summed E-state index contributed by atoms with van der Waals surface area (Å²) in [5, 5.41) is 9.25. The Labute approximate surface area is 240 Å². The van der Waals surface area contributed by atoms with Crippen LogP contribution in [-0.4, -0.2) is 138 Å². The first kappa shape index (κ1) is 30.2. The van der Waals surface area contributed by atoms with Crippen LogP contribution in [0.15, 0.2) is 25.3 Å². The van der Waals surface area contributed by atoms with E-state index in [9.17, 15) is 19.5 Å². The van der Waals surface area contributed by atoms with E-state index in [0.29, 0.717) is 65.2 Å². The highest BCUT2D eigenvalue weighted by molar-refractivity contribution is 9.09. The summed E-state index contributed by atoms with van der Waals surface area (Å²) in [6.07, 6.45) is 5.40. The minimum Gasteiger partial charge on any atom is -0.396 e. The molecule has 4 saturated heterocycles. The standard InChI is InChI=1S/C28H43BrN4O6/c1-4-9-30(3)25(35)21-22-26(36)33(11-7-6-8-16-34)24(28(22)19-20(29)23(21)39-28)27(37)32(10-5-2)13-12-31-14-17-38-18-15-31/h4-5,20-24,34H,1-2,6-19H2,3H3/t20?,21-,22+,23-,24?,28?/m1/s1. The summed E-state index contributed by atoms with van der Waals surface area (Å²) in [6.45, 7) is 13.0. The molecule has 4 aliphatic heterocycles. The summed E-state index contributed by atoms with van der Waals surface area (Å²) in [4.78, 5) is 49.3. The van der Waals surface area contributed by atoms with Gasteiger partial charge in [-0.1, -0.05) is 28.1 Å². The molecule has 218 valence electrons. The molecule has 6 atom stereocenters. The van der Waals surface area contributed by atoms with Crippen molar-refractivity contribution in [1.29, 1.82) is 0 Å². The number of alkyl halides is 1. The molecular weight excluding hydrogens is 568 g/mol. The molecule has 4 fully saturated rings. The van der Waals surface area contributed by atoms with Crippen molar-refractivity contribution in [1.82, 2.24) is 19.6 Å². The van der Waals surface area contributed by atoms with Crippen molar-refractivity contribution in [2.45, 2.75) is 48.3 Å². The second-order valence-corrected chi connectivity index (χ2v) is 12.2. The number of hydrogen-bond acceptors (Lipinski definition) is 7. The SMILES string of the molecule is C=CCN(C)C(=O)[C@H]1[C@@H]2OC3(CC2Br)C(C(=O)N(CC=C)CCN2CCOCC2)N(CCCCCO)C(=O)[C@H]13. The zero-order valence-electron chi connectivity index (χ0n) is 23.0. The molecule has 3 unspecified atom stereocenters. The average molecular weight is 612 g/mol. The van der Waals surface area contributed by atoms with Crippen molar-refractivity contribution in [3.8, 4) is 0 Å². The number of rotatable bonds is 14. The molecule has 39 heavy (non-hydrogen) atoms. The summed E-state index contributed by atoms with van der Waals surface area (Å²) in [6, 6.07) is -0.818. The van der Waals surface area contributed by atoms with E-state index in [1.807, 2.05) is 0 Å². The Balaban J connectivity index is 1.64. The third-order valence-electron chi connectivity index (χ3n) is 8.60. The van der Waals surface area contributed by atoms with Gasteiger partial charge < -0.3 is 29.3 Å². The lowest BCUT2D eigenvalue weighted by molar-refractivity contribution is -0.148. The largest absolute Gasteiger partial charge is 0.396 e. The number of morpholine rings is 1. The Morgan fingerprint density at radius 1 is 1.13 bits per heavy atom. The van der Waals surface area contributed by atoms with E-state index in [1.54, 1.807) is 33.9 Å². The summed E-state index contributed by atoms with van der Waals surface area (Å²) >= 11 is 3.73. The number of halogens is 1. The third kappa shape index (κ3) is 5.84. The number of nitrogens with zero attached hydrogens (tertiary/aromatic N) is 4. The lowest BCUT2D eigenvalue weighted by Gasteiger charge is -2.38. The lowest BCUT2D eigenvalue weighted by Crippen LogP contribution is -2.57. The van der Waals surface area contributed by atoms with E-state index in [0.717, 1.165) is 19.5 Å². The molecule has 0 aromatic rings. The number of aliphatic hydroxyl groups is 1. The molecule has 0 aromatic carbocycles. The van der Waals surface area contributed by atoms with Crippen molar-refractivity contribution < 1.29 is 29.0 Å². The second kappa shape index (κ2) is 13.2. The molecule has 0 saturated carbocycles. The maximum atomic E-state index is 14.4. The average Bonchev–Trinajstić information content (AvgIpc) is 3.52. The molecule has 1 spiro atoms. The highest BCUT2D eigenvalue weighted by Gasteiger charge is 2.76. The van der Waals surface area contributed by atoms with Crippen molar-refractivity contribution in [3.05, 3.63) is 25.3 Å². The topological polar surface area (TPSA) is 103 Å². The Bertz CT molecular complexity index is 930. The number of amides is 3. The number of fused-ring (bicyclic) bond motifs is 1. The number of aliphatic hydroxyl groups excluding tert-OH is 1. The van der Waals surface area contributed by atoms with Gasteiger partial charge in [0.25, 0.3) is 0 Å². The van der Waals surface area contributed by atoms with Gasteiger partial charge in [0.2, 0.25) is 17.7 Å². The number of carbonyl (C=O) groups is 3. The van der Waals surface area contributed by atoms with Crippen LogP contribution >= 0.6 is 15.9 Å². The van der Waals surface area contributed by atoms with E-state index in [-0.39, 0.29) is 29.2 Å². The first-order chi connectivity index (χ1) is 18.8. The van der Waals surface area contributed by atoms with Crippen molar-refractivity contribution in [2.24, 2.45) is 11.8 Å². The number of ether oxygens (including phenoxy) is 2. The molecular formula is C28H43BrN4O6. The monoisotopic (exact) mass is 610 g/mol. The summed E-state index contributed by atoms with van der Waals surface area (Å²) in [7, 11) is 1.71. The highest BCUT2D eigenvalue weighted by atomic mass is 79.9. The number of hydrogen-bond donors (Lipinski definition) is 1. The van der Waals surface area contributed by atoms with Crippen LogP contribution in [0.5, 0.6) is 0 Å². The minimum absolute atomic E-state index is 0.0831. The third-order valence-corrected chi connectivity index (χ3v) is 9.44. The van der Waals surface area contributed by atoms with Gasteiger partial charge in [-0.25, -0.2) is 0 Å². The zero-order valence-corrected chi connectivity index (χ0v) is 24.6. The molecule has 2 bridgehead atoms. The molecule has 4 rings (SSSR count). The Kier molecular flexibility index (Phi) is 10.3. The zero-order chi connectivity index (χ0) is 28.2. The summed E-state index contributed by atoms with van der Waals surface area (Å²) < 4.78 is 12.1.